The van der Waals surface area contributed by atoms with Gasteiger partial charge in [0, 0.05) is 19.7 Å². The summed E-state index contributed by atoms with van der Waals surface area (Å²) in [5.41, 5.74) is 5.66. The molecule has 3 heteroatoms. The van der Waals surface area contributed by atoms with Crippen molar-refractivity contribution in [2.75, 3.05) is 32.8 Å². The first-order valence-electron chi connectivity index (χ1n) is 5.92. The Hall–Kier alpha value is -0.120. The molecule has 0 amide bonds. The van der Waals surface area contributed by atoms with Crippen LogP contribution in [-0.2, 0) is 4.74 Å². The Labute approximate surface area is 86.6 Å². The fraction of sp³-hybridized carbons (Fsp3) is 1.00. The van der Waals surface area contributed by atoms with Crippen LogP contribution in [0.15, 0.2) is 0 Å². The molecule has 2 atom stereocenters. The average molecular weight is 198 g/mol. The number of hydrogen-bond donors (Lipinski definition) is 1. The molecule has 2 saturated heterocycles. The Balaban J connectivity index is 1.61. The number of nitrogens with zero attached hydrogens (tertiary/aromatic N) is 1. The summed E-state index contributed by atoms with van der Waals surface area (Å²) in [5.74, 6) is 0.750. The van der Waals surface area contributed by atoms with E-state index in [1.54, 1.807) is 0 Å². The molecule has 2 heterocycles. The summed E-state index contributed by atoms with van der Waals surface area (Å²) >= 11 is 0. The van der Waals surface area contributed by atoms with Crippen molar-refractivity contribution in [3.8, 4) is 0 Å². The van der Waals surface area contributed by atoms with Crippen molar-refractivity contribution in [2.45, 2.75) is 31.8 Å². The van der Waals surface area contributed by atoms with Gasteiger partial charge in [-0.3, -0.25) is 0 Å². The first kappa shape index (κ1) is 10.4. The quantitative estimate of drug-likeness (QED) is 0.727. The highest BCUT2D eigenvalue weighted by atomic mass is 16.5. The van der Waals surface area contributed by atoms with Gasteiger partial charge in [0.15, 0.2) is 0 Å². The first-order valence-corrected chi connectivity index (χ1v) is 5.92. The zero-order chi connectivity index (χ0) is 9.80. The van der Waals surface area contributed by atoms with Crippen LogP contribution in [0, 0.1) is 5.92 Å². The average Bonchev–Trinajstić information content (AvgIpc) is 2.86. The molecule has 0 bridgehead atoms. The lowest BCUT2D eigenvalue weighted by Crippen LogP contribution is -2.26. The standard InChI is InChI=1S/C11H22N2O/c12-8-10-3-5-13(9-10)6-4-11-2-1-7-14-11/h10-11H,1-9,12H2. The highest BCUT2D eigenvalue weighted by Gasteiger charge is 2.22. The number of rotatable bonds is 4. The van der Waals surface area contributed by atoms with Gasteiger partial charge in [0.1, 0.15) is 0 Å². The summed E-state index contributed by atoms with van der Waals surface area (Å²) in [5, 5.41) is 0. The Morgan fingerprint density at radius 2 is 2.29 bits per heavy atom. The summed E-state index contributed by atoms with van der Waals surface area (Å²) < 4.78 is 5.61. The number of hydrogen-bond acceptors (Lipinski definition) is 3. The molecule has 0 aromatic heterocycles. The highest BCUT2D eigenvalue weighted by molar-refractivity contribution is 4.77. The lowest BCUT2D eigenvalue weighted by atomic mass is 10.1. The van der Waals surface area contributed by atoms with E-state index in [9.17, 15) is 0 Å². The van der Waals surface area contributed by atoms with Gasteiger partial charge in [-0.05, 0) is 44.7 Å². The minimum Gasteiger partial charge on any atom is -0.378 e. The molecular formula is C11H22N2O. The van der Waals surface area contributed by atoms with Crippen LogP contribution in [0.4, 0.5) is 0 Å². The molecule has 3 nitrogen and oxygen atoms in total. The maximum atomic E-state index is 5.66. The second kappa shape index (κ2) is 5.10. The van der Waals surface area contributed by atoms with Crippen LogP contribution in [0.1, 0.15) is 25.7 Å². The van der Waals surface area contributed by atoms with E-state index in [1.807, 2.05) is 0 Å². The van der Waals surface area contributed by atoms with Gasteiger partial charge in [-0.1, -0.05) is 0 Å². The van der Waals surface area contributed by atoms with Crippen molar-refractivity contribution in [1.29, 1.82) is 0 Å². The van der Waals surface area contributed by atoms with Gasteiger partial charge < -0.3 is 15.4 Å². The highest BCUT2D eigenvalue weighted by Crippen LogP contribution is 2.19. The van der Waals surface area contributed by atoms with Crippen LogP contribution in [0.3, 0.4) is 0 Å². The predicted octanol–water partition coefficient (Wildman–Crippen LogP) is 0.836. The van der Waals surface area contributed by atoms with Crippen molar-refractivity contribution < 1.29 is 4.74 Å². The van der Waals surface area contributed by atoms with Crippen LogP contribution in [-0.4, -0.2) is 43.8 Å². The number of nitrogens with two attached hydrogens (primary N) is 1. The minimum absolute atomic E-state index is 0.548. The number of likely N-dealkylation sites (tertiary alicyclic amines) is 1. The van der Waals surface area contributed by atoms with Crippen LogP contribution in [0.2, 0.25) is 0 Å². The fourth-order valence-electron chi connectivity index (χ4n) is 2.51. The van der Waals surface area contributed by atoms with Crippen molar-refractivity contribution in [2.24, 2.45) is 11.7 Å². The summed E-state index contributed by atoms with van der Waals surface area (Å²) in [6.45, 7) is 5.51. The van der Waals surface area contributed by atoms with Crippen LogP contribution >= 0.6 is 0 Å². The largest absolute Gasteiger partial charge is 0.378 e. The van der Waals surface area contributed by atoms with Gasteiger partial charge >= 0.3 is 0 Å². The van der Waals surface area contributed by atoms with Gasteiger partial charge in [-0.2, -0.15) is 0 Å². The first-order chi connectivity index (χ1) is 6.88. The SMILES string of the molecule is NCC1CCN(CCC2CCCO2)C1. The van der Waals surface area contributed by atoms with Gasteiger partial charge in [-0.25, -0.2) is 0 Å². The van der Waals surface area contributed by atoms with E-state index in [1.165, 1.54) is 45.3 Å². The lowest BCUT2D eigenvalue weighted by molar-refractivity contribution is 0.0945. The Kier molecular flexibility index (Phi) is 3.79. The molecule has 14 heavy (non-hydrogen) atoms. The Bertz CT molecular complexity index is 169. The molecule has 0 aliphatic carbocycles. The smallest absolute Gasteiger partial charge is 0.0588 e. The third-order valence-electron chi connectivity index (χ3n) is 3.49. The van der Waals surface area contributed by atoms with E-state index in [-0.39, 0.29) is 0 Å². The van der Waals surface area contributed by atoms with E-state index < -0.39 is 0 Å². The molecule has 0 aromatic rings. The summed E-state index contributed by atoms with van der Waals surface area (Å²) in [6, 6.07) is 0. The zero-order valence-electron chi connectivity index (χ0n) is 8.95. The molecule has 0 radical (unpaired) electrons. The van der Waals surface area contributed by atoms with Crippen molar-refractivity contribution in [3.05, 3.63) is 0 Å². The van der Waals surface area contributed by atoms with Crippen molar-refractivity contribution >= 4 is 0 Å². The van der Waals surface area contributed by atoms with Gasteiger partial charge in [-0.15, -0.1) is 0 Å². The van der Waals surface area contributed by atoms with Crippen LogP contribution < -0.4 is 5.73 Å². The molecule has 2 unspecified atom stereocenters. The third-order valence-corrected chi connectivity index (χ3v) is 3.49. The van der Waals surface area contributed by atoms with E-state index in [0.717, 1.165) is 19.1 Å². The fourth-order valence-corrected chi connectivity index (χ4v) is 2.51. The number of ether oxygens (including phenoxy) is 1. The Morgan fingerprint density at radius 3 is 2.93 bits per heavy atom. The molecule has 2 aliphatic rings. The molecule has 82 valence electrons. The summed E-state index contributed by atoms with van der Waals surface area (Å²) in [7, 11) is 0. The normalized spacial score (nSPS) is 34.1. The topological polar surface area (TPSA) is 38.5 Å². The maximum absolute atomic E-state index is 5.66. The maximum Gasteiger partial charge on any atom is 0.0588 e. The monoisotopic (exact) mass is 198 g/mol. The molecule has 2 N–H and O–H groups in total. The zero-order valence-corrected chi connectivity index (χ0v) is 8.95. The summed E-state index contributed by atoms with van der Waals surface area (Å²) in [4.78, 5) is 2.54. The molecular weight excluding hydrogens is 176 g/mol. The van der Waals surface area contributed by atoms with Gasteiger partial charge in [0.2, 0.25) is 0 Å². The van der Waals surface area contributed by atoms with Crippen LogP contribution in [0.5, 0.6) is 0 Å². The molecule has 0 spiro atoms. The molecule has 2 rings (SSSR count). The lowest BCUT2D eigenvalue weighted by Gasteiger charge is -2.17. The second-order valence-electron chi connectivity index (χ2n) is 4.61. The van der Waals surface area contributed by atoms with E-state index >= 15 is 0 Å². The minimum atomic E-state index is 0.548. The molecule has 2 fully saturated rings. The van der Waals surface area contributed by atoms with Gasteiger partial charge in [0.25, 0.3) is 0 Å². The summed E-state index contributed by atoms with van der Waals surface area (Å²) in [6.07, 6.45) is 5.59. The van der Waals surface area contributed by atoms with E-state index in [4.69, 9.17) is 10.5 Å². The molecule has 2 aliphatic heterocycles. The Morgan fingerprint density at radius 1 is 1.36 bits per heavy atom. The van der Waals surface area contributed by atoms with Crippen LogP contribution in [0.25, 0.3) is 0 Å². The van der Waals surface area contributed by atoms with Crippen molar-refractivity contribution in [1.82, 2.24) is 4.90 Å². The second-order valence-corrected chi connectivity index (χ2v) is 4.61. The predicted molar refractivity (Wildman–Crippen MR) is 57.2 cm³/mol. The van der Waals surface area contributed by atoms with Crippen molar-refractivity contribution in [3.63, 3.8) is 0 Å². The van der Waals surface area contributed by atoms with E-state index in [0.29, 0.717) is 6.10 Å². The molecule has 0 aromatic carbocycles. The van der Waals surface area contributed by atoms with E-state index in [2.05, 4.69) is 4.90 Å². The third kappa shape index (κ3) is 2.69. The molecule has 0 saturated carbocycles. The van der Waals surface area contributed by atoms with Gasteiger partial charge in [0.05, 0.1) is 6.10 Å².